The van der Waals surface area contributed by atoms with Crippen LogP contribution in [0.1, 0.15) is 11.3 Å². The molecule has 6 heteroatoms. The minimum atomic E-state index is 0.312. The van der Waals surface area contributed by atoms with Crippen LogP contribution in [0.2, 0.25) is 5.02 Å². The number of hydrogen-bond donors (Lipinski definition) is 0. The Kier molecular flexibility index (Phi) is 4.99. The number of aromatic nitrogens is 1. The Balaban J connectivity index is 1.71. The molecule has 4 nitrogen and oxygen atoms in total. The van der Waals surface area contributed by atoms with E-state index in [2.05, 4.69) is 4.98 Å². The highest BCUT2D eigenvalue weighted by atomic mass is 35.5. The van der Waals surface area contributed by atoms with Gasteiger partial charge in [0, 0.05) is 10.9 Å². The smallest absolute Gasteiger partial charge is 0.138 e. The van der Waals surface area contributed by atoms with E-state index in [1.54, 1.807) is 36.6 Å². The van der Waals surface area contributed by atoms with Crippen molar-refractivity contribution in [3.8, 4) is 28.1 Å². The van der Waals surface area contributed by atoms with E-state index in [0.717, 1.165) is 22.0 Å². The lowest BCUT2D eigenvalue weighted by molar-refractivity contribution is 0.302. The largest absolute Gasteiger partial charge is 0.497 e. The fourth-order valence-corrected chi connectivity index (χ4v) is 3.14. The normalized spacial score (nSPS) is 10.2. The zero-order valence-electron chi connectivity index (χ0n) is 12.8. The first-order chi connectivity index (χ1) is 11.7. The van der Waals surface area contributed by atoms with Gasteiger partial charge in [0.05, 0.1) is 29.5 Å². The average Bonchev–Trinajstić information content (AvgIpc) is 3.09. The van der Waals surface area contributed by atoms with Gasteiger partial charge in [-0.05, 0) is 30.3 Å². The lowest BCUT2D eigenvalue weighted by atomic mass is 10.2. The molecule has 0 aliphatic rings. The summed E-state index contributed by atoms with van der Waals surface area (Å²) in [6, 6.07) is 14.7. The summed E-state index contributed by atoms with van der Waals surface area (Å²) >= 11 is 7.65. The van der Waals surface area contributed by atoms with E-state index < -0.39 is 0 Å². The summed E-state index contributed by atoms with van der Waals surface area (Å²) in [5.74, 6) is 1.33. The summed E-state index contributed by atoms with van der Waals surface area (Å²) in [7, 11) is 1.64. The van der Waals surface area contributed by atoms with E-state index in [-0.39, 0.29) is 0 Å². The van der Waals surface area contributed by atoms with Gasteiger partial charge < -0.3 is 9.47 Å². The zero-order valence-corrected chi connectivity index (χ0v) is 14.4. The number of nitriles is 1. The van der Waals surface area contributed by atoms with Crippen LogP contribution in [0, 0.1) is 11.3 Å². The predicted molar refractivity (Wildman–Crippen MR) is 94.6 cm³/mol. The topological polar surface area (TPSA) is 55.1 Å². The number of ether oxygens (including phenoxy) is 2. The van der Waals surface area contributed by atoms with Crippen LogP contribution in [0.15, 0.2) is 47.8 Å². The molecule has 0 N–H and O–H groups in total. The van der Waals surface area contributed by atoms with Gasteiger partial charge in [-0.1, -0.05) is 23.7 Å². The number of halogens is 1. The second-order valence-corrected chi connectivity index (χ2v) is 6.19. The van der Waals surface area contributed by atoms with Crippen molar-refractivity contribution in [3.63, 3.8) is 0 Å². The van der Waals surface area contributed by atoms with E-state index in [1.165, 1.54) is 0 Å². The molecule has 0 fully saturated rings. The Labute approximate surface area is 148 Å². The quantitative estimate of drug-likeness (QED) is 0.650. The lowest BCUT2D eigenvalue weighted by Gasteiger charge is -2.06. The highest BCUT2D eigenvalue weighted by Gasteiger charge is 2.08. The third kappa shape index (κ3) is 3.67. The highest BCUT2D eigenvalue weighted by Crippen LogP contribution is 2.29. The molecule has 0 atom stereocenters. The van der Waals surface area contributed by atoms with Gasteiger partial charge in [0.2, 0.25) is 0 Å². The van der Waals surface area contributed by atoms with E-state index >= 15 is 0 Å². The van der Waals surface area contributed by atoms with E-state index in [4.69, 9.17) is 26.3 Å². The Morgan fingerprint density at radius 2 is 2.12 bits per heavy atom. The number of hydrogen-bond acceptors (Lipinski definition) is 5. The molecule has 1 aromatic heterocycles. The van der Waals surface area contributed by atoms with Crippen molar-refractivity contribution >= 4 is 22.9 Å². The first-order valence-electron chi connectivity index (χ1n) is 7.11. The summed E-state index contributed by atoms with van der Waals surface area (Å²) < 4.78 is 10.9. The van der Waals surface area contributed by atoms with Gasteiger partial charge in [0.1, 0.15) is 23.1 Å². The molecule has 3 rings (SSSR count). The standard InChI is InChI=1S/C18H13ClN2O2S/c1-22-15-4-2-3-13(8-15)18-21-14(11-24-18)10-23-17-6-5-12(9-20)7-16(17)19/h2-8,11H,10H2,1H3. The van der Waals surface area contributed by atoms with Crippen molar-refractivity contribution in [1.29, 1.82) is 5.26 Å². The van der Waals surface area contributed by atoms with Gasteiger partial charge in [-0.15, -0.1) is 11.3 Å². The van der Waals surface area contributed by atoms with Crippen molar-refractivity contribution in [1.82, 2.24) is 4.98 Å². The average molecular weight is 357 g/mol. The summed E-state index contributed by atoms with van der Waals surface area (Å²) in [5.41, 5.74) is 2.32. The second kappa shape index (κ2) is 7.35. The van der Waals surface area contributed by atoms with Crippen LogP contribution in [0.4, 0.5) is 0 Å². The molecule has 0 bridgehead atoms. The van der Waals surface area contributed by atoms with E-state index in [0.29, 0.717) is 22.9 Å². The number of methoxy groups -OCH3 is 1. The molecule has 0 amide bonds. The number of benzene rings is 2. The fraction of sp³-hybridized carbons (Fsp3) is 0.111. The molecule has 0 aliphatic heterocycles. The third-order valence-corrected chi connectivity index (χ3v) is 4.54. The molecule has 1 heterocycles. The Morgan fingerprint density at radius 3 is 2.88 bits per heavy atom. The molecule has 0 saturated carbocycles. The Morgan fingerprint density at radius 1 is 1.25 bits per heavy atom. The molecule has 2 aromatic carbocycles. The SMILES string of the molecule is COc1cccc(-c2nc(COc3ccc(C#N)cc3Cl)cs2)c1. The van der Waals surface area contributed by atoms with Crippen LogP contribution in [-0.4, -0.2) is 12.1 Å². The van der Waals surface area contributed by atoms with Gasteiger partial charge in [0.15, 0.2) is 0 Å². The molecular formula is C18H13ClN2O2S. The summed E-state index contributed by atoms with van der Waals surface area (Å²) in [6.07, 6.45) is 0. The summed E-state index contributed by atoms with van der Waals surface area (Å²) in [4.78, 5) is 4.58. The van der Waals surface area contributed by atoms with Crippen molar-refractivity contribution in [2.75, 3.05) is 7.11 Å². The molecule has 0 radical (unpaired) electrons. The maximum Gasteiger partial charge on any atom is 0.138 e. The van der Waals surface area contributed by atoms with Crippen LogP contribution < -0.4 is 9.47 Å². The number of rotatable bonds is 5. The van der Waals surface area contributed by atoms with Crippen LogP contribution in [-0.2, 0) is 6.61 Å². The van der Waals surface area contributed by atoms with Gasteiger partial charge in [0.25, 0.3) is 0 Å². The van der Waals surface area contributed by atoms with Gasteiger partial charge in [-0.25, -0.2) is 4.98 Å². The molecule has 0 unspecified atom stereocenters. The predicted octanol–water partition coefficient (Wildman–Crippen LogP) is 4.92. The molecule has 0 aliphatic carbocycles. The first-order valence-corrected chi connectivity index (χ1v) is 8.36. The fourth-order valence-electron chi connectivity index (χ4n) is 2.10. The molecule has 120 valence electrons. The Bertz CT molecular complexity index is 902. The highest BCUT2D eigenvalue weighted by molar-refractivity contribution is 7.13. The van der Waals surface area contributed by atoms with Crippen LogP contribution in [0.3, 0.4) is 0 Å². The molecule has 0 saturated heterocycles. The van der Waals surface area contributed by atoms with Crippen molar-refractivity contribution in [3.05, 3.63) is 64.1 Å². The molecule has 0 spiro atoms. The van der Waals surface area contributed by atoms with Gasteiger partial charge >= 0.3 is 0 Å². The first kappa shape index (κ1) is 16.3. The van der Waals surface area contributed by atoms with Crippen LogP contribution >= 0.6 is 22.9 Å². The minimum absolute atomic E-state index is 0.312. The van der Waals surface area contributed by atoms with Crippen LogP contribution in [0.25, 0.3) is 10.6 Å². The second-order valence-electron chi connectivity index (χ2n) is 4.92. The minimum Gasteiger partial charge on any atom is -0.497 e. The summed E-state index contributed by atoms with van der Waals surface area (Å²) in [5, 5.41) is 12.1. The van der Waals surface area contributed by atoms with Crippen molar-refractivity contribution in [2.24, 2.45) is 0 Å². The number of thiazole rings is 1. The van der Waals surface area contributed by atoms with Crippen molar-refractivity contribution in [2.45, 2.75) is 6.61 Å². The zero-order chi connectivity index (χ0) is 16.9. The molecule has 3 aromatic rings. The lowest BCUT2D eigenvalue weighted by Crippen LogP contribution is -1.96. The maximum atomic E-state index is 8.84. The van der Waals surface area contributed by atoms with Gasteiger partial charge in [-0.2, -0.15) is 5.26 Å². The molecular weight excluding hydrogens is 344 g/mol. The van der Waals surface area contributed by atoms with E-state index in [1.807, 2.05) is 35.7 Å². The molecule has 24 heavy (non-hydrogen) atoms. The van der Waals surface area contributed by atoms with Crippen LogP contribution in [0.5, 0.6) is 11.5 Å². The maximum absolute atomic E-state index is 8.84. The summed E-state index contributed by atoms with van der Waals surface area (Å²) in [6.45, 7) is 0.312. The van der Waals surface area contributed by atoms with E-state index in [9.17, 15) is 0 Å². The monoisotopic (exact) mass is 356 g/mol. The Hall–Kier alpha value is -2.55. The van der Waals surface area contributed by atoms with Crippen molar-refractivity contribution < 1.29 is 9.47 Å². The number of nitrogens with zero attached hydrogens (tertiary/aromatic N) is 2. The van der Waals surface area contributed by atoms with Gasteiger partial charge in [-0.3, -0.25) is 0 Å². The third-order valence-electron chi connectivity index (χ3n) is 3.30.